The minimum absolute atomic E-state index is 0.0210. The zero-order valence-electron chi connectivity index (χ0n) is 16.6. The molecule has 0 bridgehead atoms. The van der Waals surface area contributed by atoms with Gasteiger partial charge in [0.25, 0.3) is 5.91 Å². The Kier molecular flexibility index (Phi) is 5.62. The number of rotatable bonds is 4. The lowest BCUT2D eigenvalue weighted by Gasteiger charge is -2.32. The highest BCUT2D eigenvalue weighted by Gasteiger charge is 2.25. The number of pyridine rings is 1. The first-order valence-corrected chi connectivity index (χ1v) is 10.3. The Morgan fingerprint density at radius 3 is 2.61 bits per heavy atom. The summed E-state index contributed by atoms with van der Waals surface area (Å²) in [6.45, 7) is 3.19. The first kappa shape index (κ1) is 18.9. The Labute approximate surface area is 165 Å². The molecule has 2 aliphatic rings. The standard InChI is InChI=1S/C21H29N5O2/c1-24-11-13-25(14-12-24)18(27)15-22-21(28)19-17-9-5-6-10-26(17)20(23-19)16-7-3-2-4-8-16/h5-6,9-10,16H,2-4,7-8,11-15H2,1H3,(H,22,28). The highest BCUT2D eigenvalue weighted by molar-refractivity contribution is 6.00. The molecule has 28 heavy (non-hydrogen) atoms. The van der Waals surface area contributed by atoms with E-state index in [-0.39, 0.29) is 18.4 Å². The molecular formula is C21H29N5O2. The van der Waals surface area contributed by atoms with Crippen LogP contribution < -0.4 is 5.32 Å². The maximum absolute atomic E-state index is 12.8. The van der Waals surface area contributed by atoms with E-state index in [2.05, 4.69) is 17.3 Å². The van der Waals surface area contributed by atoms with E-state index in [1.165, 1.54) is 19.3 Å². The van der Waals surface area contributed by atoms with Crippen molar-refractivity contribution in [2.45, 2.75) is 38.0 Å². The zero-order chi connectivity index (χ0) is 19.5. The quantitative estimate of drug-likeness (QED) is 0.875. The average molecular weight is 383 g/mol. The second-order valence-electron chi connectivity index (χ2n) is 7.98. The van der Waals surface area contributed by atoms with Gasteiger partial charge < -0.3 is 19.5 Å². The predicted molar refractivity (Wildman–Crippen MR) is 107 cm³/mol. The summed E-state index contributed by atoms with van der Waals surface area (Å²) in [7, 11) is 2.05. The van der Waals surface area contributed by atoms with Crippen molar-refractivity contribution in [2.75, 3.05) is 39.8 Å². The molecule has 2 aromatic heterocycles. The number of fused-ring (bicyclic) bond motifs is 1. The highest BCUT2D eigenvalue weighted by atomic mass is 16.2. The zero-order valence-corrected chi connectivity index (χ0v) is 16.6. The van der Waals surface area contributed by atoms with Crippen LogP contribution in [0.3, 0.4) is 0 Å². The van der Waals surface area contributed by atoms with Gasteiger partial charge in [-0.05, 0) is 32.0 Å². The molecule has 0 unspecified atom stereocenters. The summed E-state index contributed by atoms with van der Waals surface area (Å²) in [6, 6.07) is 5.82. The Hall–Kier alpha value is -2.41. The van der Waals surface area contributed by atoms with Gasteiger partial charge >= 0.3 is 0 Å². The van der Waals surface area contributed by atoms with Crippen LogP contribution in [0.1, 0.15) is 54.3 Å². The number of nitrogens with one attached hydrogen (secondary N) is 1. The van der Waals surface area contributed by atoms with Crippen molar-refractivity contribution < 1.29 is 9.59 Å². The molecule has 7 heteroatoms. The van der Waals surface area contributed by atoms with Gasteiger partial charge in [-0.2, -0.15) is 0 Å². The first-order valence-electron chi connectivity index (χ1n) is 10.3. The topological polar surface area (TPSA) is 69.9 Å². The lowest BCUT2D eigenvalue weighted by molar-refractivity contribution is -0.131. The number of piperazine rings is 1. The minimum Gasteiger partial charge on any atom is -0.342 e. The monoisotopic (exact) mass is 383 g/mol. The van der Waals surface area contributed by atoms with Crippen LogP contribution in [0.15, 0.2) is 24.4 Å². The van der Waals surface area contributed by atoms with Crippen molar-refractivity contribution in [3.05, 3.63) is 35.9 Å². The van der Waals surface area contributed by atoms with E-state index in [4.69, 9.17) is 4.98 Å². The molecule has 1 saturated heterocycles. The summed E-state index contributed by atoms with van der Waals surface area (Å²) in [5.41, 5.74) is 1.24. The van der Waals surface area contributed by atoms with Crippen LogP contribution >= 0.6 is 0 Å². The number of amides is 2. The van der Waals surface area contributed by atoms with Gasteiger partial charge in [-0.1, -0.05) is 25.3 Å². The van der Waals surface area contributed by atoms with Crippen molar-refractivity contribution in [1.29, 1.82) is 0 Å². The lowest BCUT2D eigenvalue weighted by atomic mass is 9.89. The second-order valence-corrected chi connectivity index (χ2v) is 7.98. The Bertz CT molecular complexity index is 848. The maximum atomic E-state index is 12.8. The third-order valence-corrected chi connectivity index (χ3v) is 6.02. The summed E-state index contributed by atoms with van der Waals surface area (Å²) < 4.78 is 2.05. The number of hydrogen-bond acceptors (Lipinski definition) is 4. The minimum atomic E-state index is -0.270. The maximum Gasteiger partial charge on any atom is 0.272 e. The van der Waals surface area contributed by atoms with Gasteiger partial charge in [-0.3, -0.25) is 9.59 Å². The van der Waals surface area contributed by atoms with Gasteiger partial charge in [0.05, 0.1) is 12.1 Å². The van der Waals surface area contributed by atoms with Crippen molar-refractivity contribution >= 4 is 17.3 Å². The smallest absolute Gasteiger partial charge is 0.272 e. The summed E-state index contributed by atoms with van der Waals surface area (Å²) >= 11 is 0. The molecule has 150 valence electrons. The van der Waals surface area contributed by atoms with Gasteiger partial charge in [0.15, 0.2) is 5.69 Å². The summed E-state index contributed by atoms with van der Waals surface area (Å²) in [5, 5.41) is 2.80. The Morgan fingerprint density at radius 1 is 1.11 bits per heavy atom. The fourth-order valence-corrected chi connectivity index (χ4v) is 4.28. The molecule has 1 saturated carbocycles. The van der Waals surface area contributed by atoms with Crippen LogP contribution in [-0.4, -0.2) is 70.8 Å². The molecule has 2 aromatic rings. The van der Waals surface area contributed by atoms with Crippen LogP contribution in [0.4, 0.5) is 0 Å². The molecule has 7 nitrogen and oxygen atoms in total. The molecule has 1 N–H and O–H groups in total. The lowest BCUT2D eigenvalue weighted by Crippen LogP contribution is -2.50. The van der Waals surface area contributed by atoms with E-state index >= 15 is 0 Å². The molecule has 1 aliphatic heterocycles. The van der Waals surface area contributed by atoms with E-state index in [9.17, 15) is 9.59 Å². The number of carbonyl (C=O) groups excluding carboxylic acids is 2. The van der Waals surface area contributed by atoms with Gasteiger partial charge in [-0.15, -0.1) is 0 Å². The van der Waals surface area contributed by atoms with Gasteiger partial charge in [0.1, 0.15) is 5.82 Å². The number of nitrogens with zero attached hydrogens (tertiary/aromatic N) is 4. The van der Waals surface area contributed by atoms with Crippen LogP contribution in [0, 0.1) is 0 Å². The van der Waals surface area contributed by atoms with E-state index in [0.29, 0.717) is 24.7 Å². The SMILES string of the molecule is CN1CCN(C(=O)CNC(=O)c2nc(C3CCCCC3)n3ccccc23)CC1. The van der Waals surface area contributed by atoms with Gasteiger partial charge in [0, 0.05) is 38.3 Å². The van der Waals surface area contributed by atoms with Crippen molar-refractivity contribution in [3.8, 4) is 0 Å². The van der Waals surface area contributed by atoms with Crippen LogP contribution in [-0.2, 0) is 4.79 Å². The summed E-state index contributed by atoms with van der Waals surface area (Å²) in [6.07, 6.45) is 7.94. The Balaban J connectivity index is 1.47. The van der Waals surface area contributed by atoms with E-state index in [1.807, 2.05) is 33.7 Å². The molecule has 4 rings (SSSR count). The summed E-state index contributed by atoms with van der Waals surface area (Å²) in [4.78, 5) is 34.0. The number of aromatic nitrogens is 2. The molecular weight excluding hydrogens is 354 g/mol. The highest BCUT2D eigenvalue weighted by Crippen LogP contribution is 2.33. The average Bonchev–Trinajstić information content (AvgIpc) is 3.13. The molecule has 0 atom stereocenters. The predicted octanol–water partition coefficient (Wildman–Crippen LogP) is 1.89. The fourth-order valence-electron chi connectivity index (χ4n) is 4.28. The van der Waals surface area contributed by atoms with E-state index < -0.39 is 0 Å². The Morgan fingerprint density at radius 2 is 1.86 bits per heavy atom. The number of likely N-dealkylation sites (N-methyl/N-ethyl adjacent to an activating group) is 1. The van der Waals surface area contributed by atoms with Gasteiger partial charge in [0.2, 0.25) is 5.91 Å². The normalized spacial score (nSPS) is 19.1. The fraction of sp³-hybridized carbons (Fsp3) is 0.571. The van der Waals surface area contributed by atoms with Crippen LogP contribution in [0.5, 0.6) is 0 Å². The third-order valence-electron chi connectivity index (χ3n) is 6.02. The van der Waals surface area contributed by atoms with Crippen LogP contribution in [0.25, 0.3) is 5.52 Å². The first-order chi connectivity index (χ1) is 13.6. The largest absolute Gasteiger partial charge is 0.342 e. The summed E-state index contributed by atoms with van der Waals surface area (Å²) in [5.74, 6) is 1.08. The van der Waals surface area contributed by atoms with Crippen LogP contribution in [0.2, 0.25) is 0 Å². The van der Waals surface area contributed by atoms with Crippen molar-refractivity contribution in [3.63, 3.8) is 0 Å². The molecule has 2 fully saturated rings. The third kappa shape index (κ3) is 3.90. The molecule has 3 heterocycles. The number of hydrogen-bond donors (Lipinski definition) is 1. The molecule has 0 aromatic carbocycles. The van der Waals surface area contributed by atoms with Gasteiger partial charge in [-0.25, -0.2) is 4.98 Å². The van der Waals surface area contributed by atoms with Crippen molar-refractivity contribution in [2.24, 2.45) is 0 Å². The molecule has 0 spiro atoms. The van der Waals surface area contributed by atoms with E-state index in [1.54, 1.807) is 0 Å². The molecule has 2 amide bonds. The number of carbonyl (C=O) groups is 2. The number of imidazole rings is 1. The molecule has 0 radical (unpaired) electrons. The molecule has 1 aliphatic carbocycles. The van der Waals surface area contributed by atoms with Crippen molar-refractivity contribution in [1.82, 2.24) is 24.5 Å². The van der Waals surface area contributed by atoms with E-state index in [0.717, 1.165) is 37.3 Å². The second kappa shape index (κ2) is 8.31.